The van der Waals surface area contributed by atoms with Crippen molar-refractivity contribution < 1.29 is 14.3 Å². The molecule has 0 heterocycles. The van der Waals surface area contributed by atoms with Crippen molar-refractivity contribution in [3.63, 3.8) is 0 Å². The van der Waals surface area contributed by atoms with Gasteiger partial charge in [-0.25, -0.2) is 0 Å². The lowest BCUT2D eigenvalue weighted by molar-refractivity contribution is 0.0935. The number of carbonyl (C=O) groups is 1. The van der Waals surface area contributed by atoms with E-state index >= 15 is 0 Å². The standard InChI is InChI=1S/C37H35NO3.ClH/c1-2-33(38-36(30-19-11-5-12-20-30)31-21-13-6-14-22-31)37(39)32-23-24-34(40-26-28-15-7-3-8-16-28)35(25-32)41-27-29-17-9-4-10-18-29;/h3-25,33,36,38H,2,26-27H2,1H3;1H. The summed E-state index contributed by atoms with van der Waals surface area (Å²) in [6, 6.07) is 45.5. The van der Waals surface area contributed by atoms with Crippen LogP contribution >= 0.6 is 12.4 Å². The molecule has 0 spiro atoms. The van der Waals surface area contributed by atoms with Gasteiger partial charge >= 0.3 is 0 Å². The van der Waals surface area contributed by atoms with Gasteiger partial charge in [-0.15, -0.1) is 12.4 Å². The highest BCUT2D eigenvalue weighted by Crippen LogP contribution is 2.31. The fourth-order valence-corrected chi connectivity index (χ4v) is 4.82. The Morgan fingerprint density at radius 2 is 1.07 bits per heavy atom. The third-order valence-electron chi connectivity index (χ3n) is 7.06. The molecule has 0 bridgehead atoms. The number of carbonyl (C=O) groups excluding carboxylic acids is 1. The van der Waals surface area contributed by atoms with Gasteiger partial charge in [0.25, 0.3) is 0 Å². The number of benzene rings is 5. The molecule has 1 atom stereocenters. The van der Waals surface area contributed by atoms with E-state index < -0.39 is 6.04 Å². The van der Waals surface area contributed by atoms with Gasteiger partial charge in [-0.1, -0.05) is 128 Å². The first kappa shape index (κ1) is 30.6. The first-order chi connectivity index (χ1) is 20.2. The number of ether oxygens (including phenoxy) is 2. The highest BCUT2D eigenvalue weighted by atomic mass is 35.5. The summed E-state index contributed by atoms with van der Waals surface area (Å²) in [5.41, 5.74) is 4.91. The molecular weight excluding hydrogens is 542 g/mol. The Hall–Kier alpha value is -4.38. The Bertz CT molecular complexity index is 1470. The first-order valence-corrected chi connectivity index (χ1v) is 14.1. The van der Waals surface area contributed by atoms with E-state index in [9.17, 15) is 4.79 Å². The molecule has 5 aromatic carbocycles. The van der Waals surface area contributed by atoms with Crippen LogP contribution < -0.4 is 14.8 Å². The van der Waals surface area contributed by atoms with E-state index in [1.165, 1.54) is 0 Å². The summed E-state index contributed by atoms with van der Waals surface area (Å²) in [7, 11) is 0. The summed E-state index contributed by atoms with van der Waals surface area (Å²) in [5.74, 6) is 1.17. The summed E-state index contributed by atoms with van der Waals surface area (Å²) < 4.78 is 12.4. The molecule has 0 radical (unpaired) electrons. The molecule has 0 aliphatic rings. The van der Waals surface area contributed by atoms with E-state index in [1.54, 1.807) is 0 Å². The lowest BCUT2D eigenvalue weighted by atomic mass is 9.95. The molecule has 5 aromatic rings. The molecule has 1 unspecified atom stereocenters. The number of halogens is 1. The van der Waals surface area contributed by atoms with Crippen LogP contribution in [0, 0.1) is 0 Å². The molecule has 0 fully saturated rings. The average Bonchev–Trinajstić information content (AvgIpc) is 3.05. The summed E-state index contributed by atoms with van der Waals surface area (Å²) in [6.45, 7) is 2.82. The van der Waals surface area contributed by atoms with E-state index in [-0.39, 0.29) is 24.2 Å². The Labute approximate surface area is 254 Å². The Balaban J connectivity index is 0.00000405. The van der Waals surface area contributed by atoms with Crippen LogP contribution in [0.3, 0.4) is 0 Å². The van der Waals surface area contributed by atoms with Crippen LogP contribution in [0.1, 0.15) is 52.0 Å². The predicted molar refractivity (Wildman–Crippen MR) is 172 cm³/mol. The quantitative estimate of drug-likeness (QED) is 0.142. The third kappa shape index (κ3) is 8.10. The number of rotatable bonds is 13. The zero-order valence-electron chi connectivity index (χ0n) is 23.7. The van der Waals surface area contributed by atoms with Crippen LogP contribution in [0.15, 0.2) is 140 Å². The molecule has 0 aliphatic heterocycles. The van der Waals surface area contributed by atoms with E-state index in [2.05, 4.69) is 29.6 Å². The van der Waals surface area contributed by atoms with Crippen molar-refractivity contribution in [2.75, 3.05) is 0 Å². The minimum atomic E-state index is -0.390. The molecule has 0 aliphatic carbocycles. The van der Waals surface area contributed by atoms with Crippen molar-refractivity contribution in [1.29, 1.82) is 0 Å². The van der Waals surface area contributed by atoms with Gasteiger partial charge in [-0.2, -0.15) is 0 Å². The van der Waals surface area contributed by atoms with Crippen LogP contribution in [0.4, 0.5) is 0 Å². The van der Waals surface area contributed by atoms with Crippen LogP contribution in [-0.4, -0.2) is 11.8 Å². The molecule has 42 heavy (non-hydrogen) atoms. The zero-order chi connectivity index (χ0) is 28.3. The minimum absolute atomic E-state index is 0. The molecule has 0 saturated heterocycles. The van der Waals surface area contributed by atoms with Crippen molar-refractivity contribution in [3.8, 4) is 11.5 Å². The van der Waals surface area contributed by atoms with Crippen molar-refractivity contribution in [2.24, 2.45) is 0 Å². The summed E-state index contributed by atoms with van der Waals surface area (Å²) in [4.78, 5) is 13.9. The number of hydrogen-bond acceptors (Lipinski definition) is 4. The largest absolute Gasteiger partial charge is 0.485 e. The predicted octanol–water partition coefficient (Wildman–Crippen LogP) is 8.61. The maximum Gasteiger partial charge on any atom is 0.179 e. The first-order valence-electron chi connectivity index (χ1n) is 14.1. The molecule has 1 N–H and O–H groups in total. The van der Waals surface area contributed by atoms with Gasteiger partial charge < -0.3 is 9.47 Å². The normalized spacial score (nSPS) is 11.4. The molecule has 0 amide bonds. The van der Waals surface area contributed by atoms with Gasteiger partial charge in [0.1, 0.15) is 13.2 Å². The van der Waals surface area contributed by atoms with Gasteiger partial charge in [0.2, 0.25) is 0 Å². The van der Waals surface area contributed by atoms with Crippen molar-refractivity contribution >= 4 is 18.2 Å². The Kier molecular flexibility index (Phi) is 11.3. The zero-order valence-corrected chi connectivity index (χ0v) is 24.5. The number of hydrogen-bond donors (Lipinski definition) is 1. The molecule has 5 rings (SSSR count). The summed E-state index contributed by atoms with van der Waals surface area (Å²) in [5, 5.41) is 3.65. The van der Waals surface area contributed by atoms with Crippen LogP contribution in [-0.2, 0) is 13.2 Å². The fourth-order valence-electron chi connectivity index (χ4n) is 4.82. The molecule has 0 aromatic heterocycles. The van der Waals surface area contributed by atoms with Gasteiger partial charge in [-0.3, -0.25) is 10.1 Å². The molecular formula is C37H36ClNO3. The number of Topliss-reactive ketones (excluding diaryl/α,β-unsaturated/α-hetero) is 1. The Morgan fingerprint density at radius 3 is 1.55 bits per heavy atom. The highest BCUT2D eigenvalue weighted by molar-refractivity contribution is 6.00. The second-order valence-corrected chi connectivity index (χ2v) is 9.96. The highest BCUT2D eigenvalue weighted by Gasteiger charge is 2.25. The van der Waals surface area contributed by atoms with Crippen LogP contribution in [0.2, 0.25) is 0 Å². The van der Waals surface area contributed by atoms with Gasteiger partial charge in [0, 0.05) is 5.56 Å². The fraction of sp³-hybridized carbons (Fsp3) is 0.162. The SMILES string of the molecule is CCC(NC(c1ccccc1)c1ccccc1)C(=O)c1ccc(OCc2ccccc2)c(OCc2ccccc2)c1.Cl. The Morgan fingerprint density at radius 1 is 0.619 bits per heavy atom. The smallest absolute Gasteiger partial charge is 0.179 e. The third-order valence-corrected chi connectivity index (χ3v) is 7.06. The lowest BCUT2D eigenvalue weighted by Crippen LogP contribution is -2.39. The number of nitrogens with one attached hydrogen (secondary N) is 1. The lowest BCUT2D eigenvalue weighted by Gasteiger charge is -2.25. The van der Waals surface area contributed by atoms with Crippen molar-refractivity contribution in [3.05, 3.63) is 167 Å². The number of ketones is 1. The monoisotopic (exact) mass is 577 g/mol. The second-order valence-electron chi connectivity index (χ2n) is 9.96. The van der Waals surface area contributed by atoms with Crippen LogP contribution in [0.25, 0.3) is 0 Å². The van der Waals surface area contributed by atoms with E-state index in [4.69, 9.17) is 9.47 Å². The second kappa shape index (κ2) is 15.6. The van der Waals surface area contributed by atoms with Crippen molar-refractivity contribution in [1.82, 2.24) is 5.32 Å². The maximum atomic E-state index is 13.9. The van der Waals surface area contributed by atoms with E-state index in [1.807, 2.05) is 122 Å². The minimum Gasteiger partial charge on any atom is -0.485 e. The van der Waals surface area contributed by atoms with Gasteiger partial charge in [0.05, 0.1) is 12.1 Å². The maximum absolute atomic E-state index is 13.9. The molecule has 214 valence electrons. The molecule has 4 nitrogen and oxygen atoms in total. The molecule has 5 heteroatoms. The van der Waals surface area contributed by atoms with E-state index in [0.717, 1.165) is 22.3 Å². The molecule has 0 saturated carbocycles. The van der Waals surface area contributed by atoms with E-state index in [0.29, 0.717) is 36.7 Å². The topological polar surface area (TPSA) is 47.6 Å². The van der Waals surface area contributed by atoms with Crippen LogP contribution in [0.5, 0.6) is 11.5 Å². The average molecular weight is 578 g/mol. The summed E-state index contributed by atoms with van der Waals surface area (Å²) >= 11 is 0. The summed E-state index contributed by atoms with van der Waals surface area (Å²) in [6.07, 6.45) is 0.640. The van der Waals surface area contributed by atoms with Gasteiger partial charge in [0.15, 0.2) is 17.3 Å². The van der Waals surface area contributed by atoms with Crippen molar-refractivity contribution in [2.45, 2.75) is 38.6 Å². The van der Waals surface area contributed by atoms with Gasteiger partial charge in [-0.05, 0) is 46.9 Å².